The van der Waals surface area contributed by atoms with Crippen molar-refractivity contribution in [2.75, 3.05) is 11.9 Å². The summed E-state index contributed by atoms with van der Waals surface area (Å²) in [6.07, 6.45) is -3.11. The van der Waals surface area contributed by atoms with E-state index in [0.29, 0.717) is 5.02 Å². The number of hydrogen-bond donors (Lipinski definition) is 1. The van der Waals surface area contributed by atoms with Gasteiger partial charge in [0.05, 0.1) is 10.6 Å². The van der Waals surface area contributed by atoms with Crippen LogP contribution >= 0.6 is 11.6 Å². The molecule has 4 nitrogen and oxygen atoms in total. The number of carbonyl (C=O) groups is 1. The van der Waals surface area contributed by atoms with Crippen LogP contribution in [-0.2, 0) is 11.0 Å². The summed E-state index contributed by atoms with van der Waals surface area (Å²) >= 11 is 5.65. The smallest absolute Gasteiger partial charge is 0.416 e. The van der Waals surface area contributed by atoms with Crippen LogP contribution in [0.4, 0.5) is 19.0 Å². The monoisotopic (exact) mass is 330 g/mol. The highest BCUT2D eigenvalue weighted by atomic mass is 35.5. The third kappa shape index (κ3) is 4.63. The van der Waals surface area contributed by atoms with Gasteiger partial charge in [-0.3, -0.25) is 4.79 Å². The van der Waals surface area contributed by atoms with E-state index in [2.05, 4.69) is 10.3 Å². The molecule has 1 heterocycles. The second-order valence-corrected chi connectivity index (χ2v) is 4.66. The first-order valence-electron chi connectivity index (χ1n) is 6.06. The van der Waals surface area contributed by atoms with Crippen LogP contribution in [-0.4, -0.2) is 17.5 Å². The van der Waals surface area contributed by atoms with Crippen LogP contribution in [0.1, 0.15) is 5.56 Å². The Balaban J connectivity index is 1.92. The van der Waals surface area contributed by atoms with E-state index in [1.807, 2.05) is 0 Å². The van der Waals surface area contributed by atoms with E-state index < -0.39 is 24.3 Å². The predicted octanol–water partition coefficient (Wildman–Crippen LogP) is 3.77. The van der Waals surface area contributed by atoms with Crippen molar-refractivity contribution >= 4 is 23.3 Å². The van der Waals surface area contributed by atoms with Gasteiger partial charge in [-0.1, -0.05) is 17.7 Å². The number of anilines is 1. The van der Waals surface area contributed by atoms with Gasteiger partial charge in [-0.2, -0.15) is 13.2 Å². The fraction of sp³-hybridized carbons (Fsp3) is 0.143. The van der Waals surface area contributed by atoms with E-state index in [0.717, 1.165) is 12.1 Å². The summed E-state index contributed by atoms with van der Waals surface area (Å²) in [6, 6.07) is 7.32. The molecule has 0 aliphatic rings. The number of ether oxygens (including phenoxy) is 1. The van der Waals surface area contributed by atoms with Gasteiger partial charge in [0.25, 0.3) is 5.91 Å². The van der Waals surface area contributed by atoms with Crippen molar-refractivity contribution in [3.8, 4) is 5.75 Å². The molecule has 116 valence electrons. The lowest BCUT2D eigenvalue weighted by atomic mass is 10.2. The van der Waals surface area contributed by atoms with Crippen LogP contribution < -0.4 is 10.1 Å². The molecule has 1 aromatic carbocycles. The molecule has 0 radical (unpaired) electrons. The van der Waals surface area contributed by atoms with E-state index in [9.17, 15) is 18.0 Å². The summed E-state index contributed by atoms with van der Waals surface area (Å²) < 4.78 is 42.6. The minimum Gasteiger partial charge on any atom is -0.484 e. The van der Waals surface area contributed by atoms with Crippen LogP contribution in [0, 0.1) is 0 Å². The lowest BCUT2D eigenvalue weighted by Gasteiger charge is -2.10. The van der Waals surface area contributed by atoms with Crippen LogP contribution in [0.25, 0.3) is 0 Å². The van der Waals surface area contributed by atoms with Crippen LogP contribution in [0.5, 0.6) is 5.75 Å². The summed E-state index contributed by atoms with van der Waals surface area (Å²) in [7, 11) is 0. The molecule has 8 heteroatoms. The highest BCUT2D eigenvalue weighted by molar-refractivity contribution is 6.30. The van der Waals surface area contributed by atoms with Crippen molar-refractivity contribution in [1.29, 1.82) is 0 Å². The van der Waals surface area contributed by atoms with Gasteiger partial charge in [0.1, 0.15) is 11.6 Å². The van der Waals surface area contributed by atoms with Crippen molar-refractivity contribution in [2.45, 2.75) is 6.18 Å². The third-order valence-corrected chi connectivity index (χ3v) is 2.75. The molecule has 0 saturated heterocycles. The lowest BCUT2D eigenvalue weighted by molar-refractivity contribution is -0.137. The van der Waals surface area contributed by atoms with E-state index >= 15 is 0 Å². The molecule has 1 N–H and O–H groups in total. The Morgan fingerprint density at radius 2 is 2.05 bits per heavy atom. The maximum absolute atomic E-state index is 12.5. The first kappa shape index (κ1) is 16.1. The number of nitrogens with one attached hydrogen (secondary N) is 1. The number of pyridine rings is 1. The number of halogens is 4. The Morgan fingerprint density at radius 3 is 2.68 bits per heavy atom. The van der Waals surface area contributed by atoms with Gasteiger partial charge < -0.3 is 10.1 Å². The standard InChI is InChI=1S/C14H10ClF3N2O2/c15-10-4-5-12(19-7-10)20-13(21)8-22-11-3-1-2-9(6-11)14(16,17)18/h1-7H,8H2,(H,19,20,21). The van der Waals surface area contributed by atoms with Gasteiger partial charge in [-0.15, -0.1) is 0 Å². The van der Waals surface area contributed by atoms with E-state index in [1.165, 1.54) is 30.5 Å². The quantitative estimate of drug-likeness (QED) is 0.928. The number of benzene rings is 1. The molecule has 0 atom stereocenters. The number of carbonyl (C=O) groups excluding carboxylic acids is 1. The Labute approximate surface area is 128 Å². The lowest BCUT2D eigenvalue weighted by Crippen LogP contribution is -2.20. The molecule has 1 amide bonds. The molecule has 2 rings (SSSR count). The third-order valence-electron chi connectivity index (χ3n) is 2.53. The average Bonchev–Trinajstić information content (AvgIpc) is 2.47. The summed E-state index contributed by atoms with van der Waals surface area (Å²) in [5.74, 6) is -0.330. The van der Waals surface area contributed by atoms with Crippen molar-refractivity contribution in [2.24, 2.45) is 0 Å². The molecule has 0 saturated carbocycles. The topological polar surface area (TPSA) is 51.2 Å². The molecule has 2 aromatic rings. The summed E-state index contributed by atoms with van der Waals surface area (Å²) in [5.41, 5.74) is -0.843. The van der Waals surface area contributed by atoms with Crippen LogP contribution in [0.15, 0.2) is 42.6 Å². The number of hydrogen-bond acceptors (Lipinski definition) is 3. The summed E-state index contributed by atoms with van der Waals surface area (Å²) in [4.78, 5) is 15.5. The predicted molar refractivity (Wildman–Crippen MR) is 74.8 cm³/mol. The molecular formula is C14H10ClF3N2O2. The maximum atomic E-state index is 12.5. The Kier molecular flexibility index (Phi) is 4.87. The molecule has 0 spiro atoms. The number of amides is 1. The van der Waals surface area contributed by atoms with Gasteiger partial charge in [0.15, 0.2) is 6.61 Å². The van der Waals surface area contributed by atoms with E-state index in [-0.39, 0.29) is 11.6 Å². The number of nitrogens with zero attached hydrogens (tertiary/aromatic N) is 1. The Hall–Kier alpha value is -2.28. The first-order chi connectivity index (χ1) is 10.3. The molecule has 0 unspecified atom stereocenters. The molecule has 0 aliphatic carbocycles. The van der Waals surface area contributed by atoms with Gasteiger partial charge in [0.2, 0.25) is 0 Å². The molecule has 1 aromatic heterocycles. The number of aromatic nitrogens is 1. The van der Waals surface area contributed by atoms with Crippen LogP contribution in [0.2, 0.25) is 5.02 Å². The zero-order valence-electron chi connectivity index (χ0n) is 11.0. The number of rotatable bonds is 4. The van der Waals surface area contributed by atoms with Gasteiger partial charge in [-0.25, -0.2) is 4.98 Å². The van der Waals surface area contributed by atoms with Gasteiger partial charge in [-0.05, 0) is 30.3 Å². The SMILES string of the molecule is O=C(COc1cccc(C(F)(F)F)c1)Nc1ccc(Cl)cn1. The maximum Gasteiger partial charge on any atom is 0.416 e. The van der Waals surface area contributed by atoms with E-state index in [1.54, 1.807) is 0 Å². The highest BCUT2D eigenvalue weighted by Crippen LogP contribution is 2.31. The molecule has 22 heavy (non-hydrogen) atoms. The fourth-order valence-electron chi connectivity index (χ4n) is 1.54. The van der Waals surface area contributed by atoms with Crippen molar-refractivity contribution in [3.05, 3.63) is 53.2 Å². The van der Waals surface area contributed by atoms with E-state index in [4.69, 9.17) is 16.3 Å². The fourth-order valence-corrected chi connectivity index (χ4v) is 1.65. The zero-order chi connectivity index (χ0) is 16.2. The summed E-state index contributed by atoms with van der Waals surface area (Å²) in [6.45, 7) is -0.439. The molecule has 0 fully saturated rings. The molecular weight excluding hydrogens is 321 g/mol. The minimum absolute atomic E-state index is 0.0472. The van der Waals surface area contributed by atoms with Gasteiger partial charge >= 0.3 is 6.18 Å². The average molecular weight is 331 g/mol. The Morgan fingerprint density at radius 1 is 1.27 bits per heavy atom. The van der Waals surface area contributed by atoms with Crippen molar-refractivity contribution in [1.82, 2.24) is 4.98 Å². The highest BCUT2D eigenvalue weighted by Gasteiger charge is 2.30. The zero-order valence-corrected chi connectivity index (χ0v) is 11.8. The van der Waals surface area contributed by atoms with Crippen LogP contribution in [0.3, 0.4) is 0 Å². The first-order valence-corrected chi connectivity index (χ1v) is 6.44. The minimum atomic E-state index is -4.46. The molecule has 0 aliphatic heterocycles. The largest absolute Gasteiger partial charge is 0.484 e. The molecule has 0 bridgehead atoms. The number of alkyl halides is 3. The summed E-state index contributed by atoms with van der Waals surface area (Å²) in [5, 5.41) is 2.84. The van der Waals surface area contributed by atoms with Crippen molar-refractivity contribution in [3.63, 3.8) is 0 Å². The van der Waals surface area contributed by atoms with Crippen molar-refractivity contribution < 1.29 is 22.7 Å². The second kappa shape index (κ2) is 6.65. The Bertz CT molecular complexity index is 660. The van der Waals surface area contributed by atoms with Gasteiger partial charge in [0, 0.05) is 6.20 Å². The normalized spacial score (nSPS) is 11.1. The second-order valence-electron chi connectivity index (χ2n) is 4.22.